The molecule has 2 aromatic rings. The first-order valence-corrected chi connectivity index (χ1v) is 7.23. The van der Waals surface area contributed by atoms with Gasteiger partial charge in [-0.2, -0.15) is 10.5 Å². The van der Waals surface area contributed by atoms with Crippen LogP contribution in [0.15, 0.2) is 29.3 Å². The predicted molar refractivity (Wildman–Crippen MR) is 84.7 cm³/mol. The molecule has 0 aliphatic carbocycles. The SMILES string of the molecule is Cc1cc(C)c(-c2csc(NC=C(C#N)C#N)n2)c(C)c1. The molecule has 0 atom stereocenters. The van der Waals surface area contributed by atoms with Crippen LogP contribution < -0.4 is 5.32 Å². The number of aryl methyl sites for hydroxylation is 3. The van der Waals surface area contributed by atoms with Gasteiger partial charge >= 0.3 is 0 Å². The largest absolute Gasteiger partial charge is 0.336 e. The molecule has 21 heavy (non-hydrogen) atoms. The average Bonchev–Trinajstić information content (AvgIpc) is 2.87. The van der Waals surface area contributed by atoms with E-state index in [2.05, 4.69) is 43.2 Å². The first kappa shape index (κ1) is 14.8. The van der Waals surface area contributed by atoms with Crippen molar-refractivity contribution in [1.29, 1.82) is 10.5 Å². The number of hydrogen-bond donors (Lipinski definition) is 1. The molecule has 5 heteroatoms. The van der Waals surface area contributed by atoms with E-state index in [1.807, 2.05) is 5.38 Å². The Morgan fingerprint density at radius 1 is 1.19 bits per heavy atom. The topological polar surface area (TPSA) is 72.5 Å². The van der Waals surface area contributed by atoms with Gasteiger partial charge in [0, 0.05) is 17.1 Å². The fraction of sp³-hybridized carbons (Fsp3) is 0.188. The van der Waals surface area contributed by atoms with Gasteiger partial charge in [-0.15, -0.1) is 11.3 Å². The monoisotopic (exact) mass is 294 g/mol. The third kappa shape index (κ3) is 3.28. The van der Waals surface area contributed by atoms with Crippen LogP contribution in [0, 0.1) is 43.4 Å². The van der Waals surface area contributed by atoms with Gasteiger partial charge in [-0.05, 0) is 31.9 Å². The van der Waals surface area contributed by atoms with E-state index in [1.54, 1.807) is 12.1 Å². The summed E-state index contributed by atoms with van der Waals surface area (Å²) in [5, 5.41) is 22.9. The van der Waals surface area contributed by atoms with Crippen LogP contribution in [-0.4, -0.2) is 4.98 Å². The maximum atomic E-state index is 8.69. The van der Waals surface area contributed by atoms with Crippen LogP contribution in [0.5, 0.6) is 0 Å². The summed E-state index contributed by atoms with van der Waals surface area (Å²) in [5.74, 6) is 0. The van der Waals surface area contributed by atoms with E-state index < -0.39 is 0 Å². The van der Waals surface area contributed by atoms with Crippen molar-refractivity contribution in [3.8, 4) is 23.4 Å². The minimum Gasteiger partial charge on any atom is -0.336 e. The first-order valence-electron chi connectivity index (χ1n) is 6.35. The van der Waals surface area contributed by atoms with Crippen LogP contribution in [0.25, 0.3) is 11.3 Å². The van der Waals surface area contributed by atoms with Crippen molar-refractivity contribution in [3.05, 3.63) is 46.0 Å². The number of nitrogens with one attached hydrogen (secondary N) is 1. The summed E-state index contributed by atoms with van der Waals surface area (Å²) >= 11 is 1.44. The van der Waals surface area contributed by atoms with Crippen molar-refractivity contribution >= 4 is 16.5 Å². The Hall–Kier alpha value is -2.63. The lowest BCUT2D eigenvalue weighted by Crippen LogP contribution is -1.92. The molecule has 0 saturated carbocycles. The molecule has 0 aliphatic rings. The third-order valence-electron chi connectivity index (χ3n) is 3.02. The van der Waals surface area contributed by atoms with E-state index in [0.29, 0.717) is 5.13 Å². The van der Waals surface area contributed by atoms with E-state index in [-0.39, 0.29) is 5.57 Å². The Labute approximate surface area is 128 Å². The second kappa shape index (κ2) is 6.21. The number of nitrogens with zero attached hydrogens (tertiary/aromatic N) is 3. The molecule has 1 heterocycles. The Balaban J connectivity index is 2.32. The number of allylic oxidation sites excluding steroid dienone is 1. The highest BCUT2D eigenvalue weighted by atomic mass is 32.1. The van der Waals surface area contributed by atoms with Crippen molar-refractivity contribution < 1.29 is 0 Å². The van der Waals surface area contributed by atoms with Gasteiger partial charge in [0.1, 0.15) is 17.7 Å². The zero-order valence-corrected chi connectivity index (χ0v) is 12.9. The molecule has 1 N–H and O–H groups in total. The van der Waals surface area contributed by atoms with E-state index in [0.717, 1.165) is 11.3 Å². The lowest BCUT2D eigenvalue weighted by Gasteiger charge is -2.08. The normalized spacial score (nSPS) is 9.57. The number of hydrogen-bond acceptors (Lipinski definition) is 5. The van der Waals surface area contributed by atoms with Gasteiger partial charge in [0.15, 0.2) is 5.13 Å². The molecular formula is C16H14N4S. The highest BCUT2D eigenvalue weighted by Crippen LogP contribution is 2.31. The Morgan fingerprint density at radius 2 is 1.81 bits per heavy atom. The maximum absolute atomic E-state index is 8.69. The number of aromatic nitrogens is 1. The van der Waals surface area contributed by atoms with Crippen molar-refractivity contribution in [2.24, 2.45) is 0 Å². The number of rotatable bonds is 3. The van der Waals surface area contributed by atoms with Crippen molar-refractivity contribution in [2.45, 2.75) is 20.8 Å². The summed E-state index contributed by atoms with van der Waals surface area (Å²) in [5.41, 5.74) is 5.67. The van der Waals surface area contributed by atoms with Crippen molar-refractivity contribution in [2.75, 3.05) is 5.32 Å². The van der Waals surface area contributed by atoms with Crippen LogP contribution in [0.4, 0.5) is 5.13 Å². The maximum Gasteiger partial charge on any atom is 0.187 e. The average molecular weight is 294 g/mol. The fourth-order valence-corrected chi connectivity index (χ4v) is 2.93. The van der Waals surface area contributed by atoms with Crippen LogP contribution in [0.3, 0.4) is 0 Å². The van der Waals surface area contributed by atoms with Crippen molar-refractivity contribution in [3.63, 3.8) is 0 Å². The summed E-state index contributed by atoms with van der Waals surface area (Å²) in [6.07, 6.45) is 1.37. The second-order valence-electron chi connectivity index (χ2n) is 4.74. The molecule has 0 aliphatic heterocycles. The molecule has 0 spiro atoms. The van der Waals surface area contributed by atoms with Crippen LogP contribution in [0.2, 0.25) is 0 Å². The van der Waals surface area contributed by atoms with E-state index in [4.69, 9.17) is 10.5 Å². The van der Waals surface area contributed by atoms with Crippen LogP contribution >= 0.6 is 11.3 Å². The summed E-state index contributed by atoms with van der Waals surface area (Å²) in [6.45, 7) is 6.23. The molecule has 0 saturated heterocycles. The zero-order valence-electron chi connectivity index (χ0n) is 12.1. The molecule has 0 unspecified atom stereocenters. The Kier molecular flexibility index (Phi) is 4.37. The summed E-state index contributed by atoms with van der Waals surface area (Å²) in [7, 11) is 0. The fourth-order valence-electron chi connectivity index (χ4n) is 2.26. The Morgan fingerprint density at radius 3 is 2.38 bits per heavy atom. The molecule has 0 amide bonds. The van der Waals surface area contributed by atoms with Gasteiger partial charge in [0.05, 0.1) is 5.69 Å². The van der Waals surface area contributed by atoms with Crippen LogP contribution in [0.1, 0.15) is 16.7 Å². The molecule has 1 aromatic carbocycles. The number of anilines is 1. The van der Waals surface area contributed by atoms with Gasteiger partial charge in [-0.25, -0.2) is 4.98 Å². The summed E-state index contributed by atoms with van der Waals surface area (Å²) in [6, 6.07) is 7.87. The zero-order chi connectivity index (χ0) is 15.4. The highest BCUT2D eigenvalue weighted by molar-refractivity contribution is 7.14. The van der Waals surface area contributed by atoms with Gasteiger partial charge in [-0.3, -0.25) is 0 Å². The van der Waals surface area contributed by atoms with Gasteiger partial charge in [0.25, 0.3) is 0 Å². The first-order chi connectivity index (χ1) is 10.0. The number of thiazole rings is 1. The van der Waals surface area contributed by atoms with Gasteiger partial charge in [0.2, 0.25) is 0 Å². The molecule has 0 radical (unpaired) electrons. The molecule has 2 rings (SSSR count). The molecule has 1 aromatic heterocycles. The number of benzene rings is 1. The number of nitriles is 2. The van der Waals surface area contributed by atoms with Gasteiger partial charge < -0.3 is 5.32 Å². The van der Waals surface area contributed by atoms with Gasteiger partial charge in [-0.1, -0.05) is 17.7 Å². The molecular weight excluding hydrogens is 280 g/mol. The minimum atomic E-state index is 0.0226. The lowest BCUT2D eigenvalue weighted by molar-refractivity contribution is 1.29. The molecule has 0 fully saturated rings. The van der Waals surface area contributed by atoms with E-state index in [9.17, 15) is 0 Å². The summed E-state index contributed by atoms with van der Waals surface area (Å²) in [4.78, 5) is 4.52. The lowest BCUT2D eigenvalue weighted by atomic mass is 9.98. The molecule has 0 bridgehead atoms. The minimum absolute atomic E-state index is 0.0226. The molecule has 4 nitrogen and oxygen atoms in total. The smallest absolute Gasteiger partial charge is 0.187 e. The van der Waals surface area contributed by atoms with Crippen molar-refractivity contribution in [1.82, 2.24) is 4.98 Å². The van der Waals surface area contributed by atoms with E-state index >= 15 is 0 Å². The van der Waals surface area contributed by atoms with Crippen LogP contribution in [-0.2, 0) is 0 Å². The second-order valence-corrected chi connectivity index (χ2v) is 5.60. The quantitative estimate of drug-likeness (QED) is 0.866. The highest BCUT2D eigenvalue weighted by Gasteiger charge is 2.10. The third-order valence-corrected chi connectivity index (χ3v) is 3.79. The summed E-state index contributed by atoms with van der Waals surface area (Å²) < 4.78 is 0. The predicted octanol–water partition coefficient (Wildman–Crippen LogP) is 4.08. The molecule has 104 valence electrons. The standard InChI is InChI=1S/C16H14N4S/c1-10-4-11(2)15(12(3)5-10)14-9-21-16(20-14)19-8-13(6-17)7-18/h4-5,8-9H,1-3H3,(H,19,20). The Bertz CT molecular complexity index is 748. The van der Waals surface area contributed by atoms with E-state index in [1.165, 1.54) is 34.2 Å².